The zero-order chi connectivity index (χ0) is 21.6. The Hall–Kier alpha value is -4.06. The molecule has 4 rings (SSSR count). The van der Waals surface area contributed by atoms with Crippen molar-refractivity contribution in [3.63, 3.8) is 0 Å². The molecule has 0 radical (unpaired) electrons. The molecule has 3 aromatic carbocycles. The molecule has 1 aliphatic rings. The number of ether oxygens (including phenoxy) is 2. The number of nitrogens with zero attached hydrogens (tertiary/aromatic N) is 1. The largest absolute Gasteiger partial charge is 0.497 e. The molecule has 0 bridgehead atoms. The Morgan fingerprint density at radius 1 is 1.03 bits per heavy atom. The van der Waals surface area contributed by atoms with E-state index in [2.05, 4.69) is 5.32 Å². The van der Waals surface area contributed by atoms with Crippen LogP contribution in [0.1, 0.15) is 11.1 Å². The van der Waals surface area contributed by atoms with Crippen LogP contribution in [-0.2, 0) is 16.1 Å². The van der Waals surface area contributed by atoms with Crippen molar-refractivity contribution >= 4 is 23.6 Å². The molecule has 31 heavy (non-hydrogen) atoms. The molecule has 2 amide bonds. The number of nitrogens with one attached hydrogen (secondary N) is 1. The van der Waals surface area contributed by atoms with Crippen molar-refractivity contribution in [1.82, 2.24) is 5.32 Å². The summed E-state index contributed by atoms with van der Waals surface area (Å²) in [5.41, 5.74) is 2.31. The number of hydrogen-bond acceptors (Lipinski definition) is 4. The van der Waals surface area contributed by atoms with Crippen molar-refractivity contribution in [2.45, 2.75) is 6.54 Å². The van der Waals surface area contributed by atoms with E-state index >= 15 is 0 Å². The molecule has 0 aromatic heterocycles. The highest BCUT2D eigenvalue weighted by molar-refractivity contribution is 6.12. The van der Waals surface area contributed by atoms with Crippen LogP contribution in [-0.4, -0.2) is 25.5 Å². The average molecular weight is 414 g/mol. The number of anilines is 1. The minimum atomic E-state index is -0.378. The topological polar surface area (TPSA) is 67.9 Å². The zero-order valence-corrected chi connectivity index (χ0v) is 17.1. The highest BCUT2D eigenvalue weighted by Crippen LogP contribution is 2.35. The smallest absolute Gasteiger partial charge is 0.294 e. The van der Waals surface area contributed by atoms with Crippen molar-refractivity contribution in [2.24, 2.45) is 0 Å². The molecule has 1 aliphatic heterocycles. The van der Waals surface area contributed by atoms with Crippen LogP contribution < -0.4 is 19.7 Å². The summed E-state index contributed by atoms with van der Waals surface area (Å²) in [7, 11) is 1.58. The lowest BCUT2D eigenvalue weighted by Gasteiger charge is -2.30. The molecule has 3 aromatic rings. The van der Waals surface area contributed by atoms with Gasteiger partial charge in [0.2, 0.25) is 5.91 Å². The first-order chi connectivity index (χ1) is 15.1. The van der Waals surface area contributed by atoms with E-state index in [0.717, 1.165) is 11.1 Å². The third-order valence-electron chi connectivity index (χ3n) is 4.86. The number of fused-ring (bicyclic) bond motifs is 1. The van der Waals surface area contributed by atoms with Gasteiger partial charge in [-0.25, -0.2) is 0 Å². The van der Waals surface area contributed by atoms with Gasteiger partial charge in [0.25, 0.3) is 5.91 Å². The van der Waals surface area contributed by atoms with Gasteiger partial charge in [-0.1, -0.05) is 54.6 Å². The fourth-order valence-electron chi connectivity index (χ4n) is 3.30. The van der Waals surface area contributed by atoms with Crippen LogP contribution in [0.2, 0.25) is 0 Å². The third kappa shape index (κ3) is 4.75. The first kappa shape index (κ1) is 20.2. The maximum Gasteiger partial charge on any atom is 0.294 e. The number of methoxy groups -OCH3 is 1. The monoisotopic (exact) mass is 414 g/mol. The normalized spacial score (nSPS) is 14.0. The molecule has 6 nitrogen and oxygen atoms in total. The van der Waals surface area contributed by atoms with E-state index in [1.54, 1.807) is 37.5 Å². The molecule has 156 valence electrons. The SMILES string of the molecule is COc1cccc(/C=C2/Oc3ccccc3N(CC(=O)NCc3ccccc3)C2=O)c1. The van der Waals surface area contributed by atoms with Crippen LogP contribution in [0.15, 0.2) is 84.6 Å². The minimum absolute atomic E-state index is 0.110. The van der Waals surface area contributed by atoms with Gasteiger partial charge in [0.1, 0.15) is 12.3 Å². The second-order valence-electron chi connectivity index (χ2n) is 7.01. The Labute approximate surface area is 180 Å². The number of carbonyl (C=O) groups excluding carboxylic acids is 2. The van der Waals surface area contributed by atoms with E-state index in [1.165, 1.54) is 4.90 Å². The van der Waals surface area contributed by atoms with Crippen LogP contribution in [0.3, 0.4) is 0 Å². The molecule has 0 saturated heterocycles. The van der Waals surface area contributed by atoms with Gasteiger partial charge in [-0.3, -0.25) is 14.5 Å². The fourth-order valence-corrected chi connectivity index (χ4v) is 3.30. The Morgan fingerprint density at radius 3 is 2.61 bits per heavy atom. The second kappa shape index (κ2) is 9.17. The van der Waals surface area contributed by atoms with Crippen LogP contribution in [0.4, 0.5) is 5.69 Å². The maximum atomic E-state index is 13.2. The van der Waals surface area contributed by atoms with Crippen LogP contribution in [0.25, 0.3) is 6.08 Å². The molecule has 0 spiro atoms. The molecule has 0 saturated carbocycles. The Bertz CT molecular complexity index is 1130. The summed E-state index contributed by atoms with van der Waals surface area (Å²) in [5, 5.41) is 2.87. The number of amides is 2. The third-order valence-corrected chi connectivity index (χ3v) is 4.86. The first-order valence-corrected chi connectivity index (χ1v) is 9.89. The molecular formula is C25H22N2O4. The fraction of sp³-hybridized carbons (Fsp3) is 0.120. The maximum absolute atomic E-state index is 13.2. The summed E-state index contributed by atoms with van der Waals surface area (Å²) in [6.07, 6.45) is 1.65. The van der Waals surface area contributed by atoms with Gasteiger partial charge in [0, 0.05) is 6.54 Å². The van der Waals surface area contributed by atoms with Gasteiger partial charge in [-0.05, 0) is 41.5 Å². The van der Waals surface area contributed by atoms with E-state index in [9.17, 15) is 9.59 Å². The molecular weight excluding hydrogens is 392 g/mol. The predicted octanol–water partition coefficient (Wildman–Crippen LogP) is 3.78. The lowest BCUT2D eigenvalue weighted by atomic mass is 10.1. The molecule has 1 N–H and O–H groups in total. The summed E-state index contributed by atoms with van der Waals surface area (Å²) < 4.78 is 11.1. The number of para-hydroxylation sites is 2. The van der Waals surface area contributed by atoms with Crippen LogP contribution in [0.5, 0.6) is 11.5 Å². The van der Waals surface area contributed by atoms with Crippen LogP contribution in [0, 0.1) is 0 Å². The standard InChI is InChI=1S/C25H22N2O4/c1-30-20-11-7-10-19(14-20)15-23-25(29)27(21-12-5-6-13-22(21)31-23)17-24(28)26-16-18-8-3-2-4-9-18/h2-15H,16-17H2,1H3,(H,26,28)/b23-15+. The summed E-state index contributed by atoms with van der Waals surface area (Å²) >= 11 is 0. The number of carbonyl (C=O) groups is 2. The average Bonchev–Trinajstić information content (AvgIpc) is 2.81. The van der Waals surface area contributed by atoms with Gasteiger partial charge in [-0.2, -0.15) is 0 Å². The predicted molar refractivity (Wildman–Crippen MR) is 119 cm³/mol. The number of rotatable bonds is 6. The van der Waals surface area contributed by atoms with E-state index in [0.29, 0.717) is 23.7 Å². The molecule has 1 heterocycles. The molecule has 0 fully saturated rings. The summed E-state index contributed by atoms with van der Waals surface area (Å²) in [6, 6.07) is 24.1. The summed E-state index contributed by atoms with van der Waals surface area (Å²) in [4.78, 5) is 27.2. The molecule has 0 aliphatic carbocycles. The van der Waals surface area contributed by atoms with Gasteiger partial charge >= 0.3 is 0 Å². The van der Waals surface area contributed by atoms with Crippen molar-refractivity contribution in [3.8, 4) is 11.5 Å². The second-order valence-corrected chi connectivity index (χ2v) is 7.01. The lowest BCUT2D eigenvalue weighted by Crippen LogP contribution is -2.44. The highest BCUT2D eigenvalue weighted by atomic mass is 16.5. The van der Waals surface area contributed by atoms with Crippen molar-refractivity contribution in [3.05, 3.63) is 95.7 Å². The van der Waals surface area contributed by atoms with Crippen molar-refractivity contribution < 1.29 is 19.1 Å². The van der Waals surface area contributed by atoms with Gasteiger partial charge in [-0.15, -0.1) is 0 Å². The van der Waals surface area contributed by atoms with E-state index in [-0.39, 0.29) is 24.1 Å². The summed E-state index contributed by atoms with van der Waals surface area (Å²) in [5.74, 6) is 0.705. The van der Waals surface area contributed by atoms with Gasteiger partial charge in [0.15, 0.2) is 11.5 Å². The Balaban J connectivity index is 1.56. The van der Waals surface area contributed by atoms with E-state index < -0.39 is 0 Å². The molecule has 6 heteroatoms. The first-order valence-electron chi connectivity index (χ1n) is 9.89. The quantitative estimate of drug-likeness (QED) is 0.624. The van der Waals surface area contributed by atoms with Gasteiger partial charge < -0.3 is 14.8 Å². The minimum Gasteiger partial charge on any atom is -0.497 e. The van der Waals surface area contributed by atoms with E-state index in [1.807, 2.05) is 54.6 Å². The highest BCUT2D eigenvalue weighted by Gasteiger charge is 2.31. The van der Waals surface area contributed by atoms with Crippen molar-refractivity contribution in [2.75, 3.05) is 18.6 Å². The van der Waals surface area contributed by atoms with Crippen LogP contribution >= 0.6 is 0 Å². The Morgan fingerprint density at radius 2 is 1.81 bits per heavy atom. The number of hydrogen-bond donors (Lipinski definition) is 1. The lowest BCUT2D eigenvalue weighted by molar-refractivity contribution is -0.123. The van der Waals surface area contributed by atoms with Crippen molar-refractivity contribution in [1.29, 1.82) is 0 Å². The molecule has 0 unspecified atom stereocenters. The Kier molecular flexibility index (Phi) is 5.98. The van der Waals surface area contributed by atoms with Gasteiger partial charge in [0.05, 0.1) is 12.8 Å². The number of benzene rings is 3. The van der Waals surface area contributed by atoms with E-state index in [4.69, 9.17) is 9.47 Å². The molecule has 0 atom stereocenters. The zero-order valence-electron chi connectivity index (χ0n) is 17.1. The summed E-state index contributed by atoms with van der Waals surface area (Å²) in [6.45, 7) is 0.286.